The van der Waals surface area contributed by atoms with E-state index in [1.807, 2.05) is 49.4 Å². The van der Waals surface area contributed by atoms with E-state index in [2.05, 4.69) is 5.32 Å². The molecule has 0 bridgehead atoms. The van der Waals surface area contributed by atoms with Crippen LogP contribution < -0.4 is 14.4 Å². The number of hydrogen-bond donors (Lipinski definition) is 1. The third-order valence-electron chi connectivity index (χ3n) is 6.69. The third kappa shape index (κ3) is 9.23. The molecule has 0 spiro atoms. The number of nitrogens with one attached hydrogen (secondary N) is 1. The van der Waals surface area contributed by atoms with Gasteiger partial charge in [0.25, 0.3) is 0 Å². The Kier molecular flexibility index (Phi) is 11.6. The van der Waals surface area contributed by atoms with Crippen molar-refractivity contribution in [1.29, 1.82) is 0 Å². The molecule has 3 aromatic carbocycles. The van der Waals surface area contributed by atoms with Crippen LogP contribution in [-0.2, 0) is 32.6 Å². The lowest BCUT2D eigenvalue weighted by atomic mass is 10.0. The van der Waals surface area contributed by atoms with E-state index in [1.54, 1.807) is 44.4 Å². The quantitative estimate of drug-likeness (QED) is 0.264. The molecule has 0 aromatic heterocycles. The number of sulfonamides is 1. The molecule has 220 valence electrons. The van der Waals surface area contributed by atoms with Crippen molar-refractivity contribution in [3.8, 4) is 5.75 Å². The maximum atomic E-state index is 14.2. The highest BCUT2D eigenvalue weighted by Gasteiger charge is 2.33. The van der Waals surface area contributed by atoms with Crippen molar-refractivity contribution in [2.75, 3.05) is 30.8 Å². The Morgan fingerprint density at radius 3 is 2.34 bits per heavy atom. The van der Waals surface area contributed by atoms with Gasteiger partial charge in [0, 0.05) is 24.5 Å². The smallest absolute Gasteiger partial charge is 0.244 e. The number of aryl methyl sites for hydroxylation is 1. The Bertz CT molecular complexity index is 1430. The Hall–Kier alpha value is -3.56. The van der Waals surface area contributed by atoms with Crippen LogP contribution in [0.15, 0.2) is 72.8 Å². The van der Waals surface area contributed by atoms with Crippen LogP contribution in [0.1, 0.15) is 36.5 Å². The number of methoxy groups -OCH3 is 1. The minimum absolute atomic E-state index is 0.0753. The van der Waals surface area contributed by atoms with E-state index in [9.17, 15) is 18.0 Å². The second kappa shape index (κ2) is 14.9. The minimum Gasteiger partial charge on any atom is -0.497 e. The summed E-state index contributed by atoms with van der Waals surface area (Å²) >= 11 is 6.11. The zero-order chi connectivity index (χ0) is 30.0. The highest BCUT2D eigenvalue weighted by atomic mass is 35.5. The van der Waals surface area contributed by atoms with Crippen molar-refractivity contribution in [1.82, 2.24) is 10.2 Å². The Morgan fingerprint density at radius 2 is 1.71 bits per heavy atom. The average molecular weight is 600 g/mol. The van der Waals surface area contributed by atoms with Crippen LogP contribution in [0.5, 0.6) is 5.75 Å². The summed E-state index contributed by atoms with van der Waals surface area (Å²) in [7, 11) is -2.31. The van der Waals surface area contributed by atoms with Crippen LogP contribution in [0.2, 0.25) is 5.02 Å². The van der Waals surface area contributed by atoms with Gasteiger partial charge in [-0.2, -0.15) is 0 Å². The van der Waals surface area contributed by atoms with Crippen molar-refractivity contribution >= 4 is 39.1 Å². The fraction of sp³-hybridized carbons (Fsp3) is 0.355. The molecule has 41 heavy (non-hydrogen) atoms. The first-order chi connectivity index (χ1) is 19.5. The van der Waals surface area contributed by atoms with Gasteiger partial charge in [-0.3, -0.25) is 13.9 Å². The lowest BCUT2D eigenvalue weighted by Crippen LogP contribution is -2.53. The molecule has 0 saturated heterocycles. The van der Waals surface area contributed by atoms with E-state index in [0.717, 1.165) is 34.5 Å². The topological polar surface area (TPSA) is 96.0 Å². The van der Waals surface area contributed by atoms with Crippen LogP contribution in [0.25, 0.3) is 0 Å². The molecule has 1 unspecified atom stereocenters. The van der Waals surface area contributed by atoms with Gasteiger partial charge in [0.2, 0.25) is 21.8 Å². The van der Waals surface area contributed by atoms with Crippen molar-refractivity contribution in [2.45, 2.75) is 45.7 Å². The first-order valence-electron chi connectivity index (χ1n) is 13.5. The number of amides is 2. The normalized spacial score (nSPS) is 11.9. The van der Waals surface area contributed by atoms with Gasteiger partial charge in [0.05, 0.1) is 19.1 Å². The Morgan fingerprint density at radius 1 is 1.00 bits per heavy atom. The number of ether oxygens (including phenoxy) is 1. The lowest BCUT2D eigenvalue weighted by molar-refractivity contribution is -0.140. The van der Waals surface area contributed by atoms with Gasteiger partial charge in [-0.25, -0.2) is 8.42 Å². The fourth-order valence-corrected chi connectivity index (χ4v) is 5.65. The molecule has 1 atom stereocenters. The second-order valence-corrected chi connectivity index (χ2v) is 12.3. The predicted molar refractivity (Wildman–Crippen MR) is 164 cm³/mol. The number of halogens is 1. The maximum Gasteiger partial charge on any atom is 0.244 e. The van der Waals surface area contributed by atoms with E-state index < -0.39 is 28.5 Å². The Balaban J connectivity index is 2.06. The third-order valence-corrected chi connectivity index (χ3v) is 8.06. The number of unbranched alkanes of at least 4 members (excludes halogenated alkanes) is 1. The summed E-state index contributed by atoms with van der Waals surface area (Å²) < 4.78 is 32.4. The van der Waals surface area contributed by atoms with Gasteiger partial charge >= 0.3 is 0 Å². The summed E-state index contributed by atoms with van der Waals surface area (Å²) in [6, 6.07) is 20.6. The van der Waals surface area contributed by atoms with Crippen molar-refractivity contribution in [3.05, 3.63) is 94.5 Å². The molecule has 3 rings (SSSR count). The number of nitrogens with zero attached hydrogens (tertiary/aromatic N) is 2. The van der Waals surface area contributed by atoms with Gasteiger partial charge in [-0.05, 0) is 60.4 Å². The first kappa shape index (κ1) is 32.0. The minimum atomic E-state index is -3.87. The van der Waals surface area contributed by atoms with Crippen LogP contribution in [-0.4, -0.2) is 57.6 Å². The Labute approximate surface area is 248 Å². The SMILES string of the molecule is CCCCNC(=O)C(Cc1ccccc1)N(Cc1cccc(OC)c1)C(=O)CN(c1ccc(Cl)cc1C)S(C)(=O)=O. The van der Waals surface area contributed by atoms with E-state index in [4.69, 9.17) is 16.3 Å². The summed E-state index contributed by atoms with van der Waals surface area (Å²) in [5, 5.41) is 3.43. The van der Waals surface area contributed by atoms with Gasteiger partial charge in [-0.15, -0.1) is 0 Å². The van der Waals surface area contributed by atoms with E-state index >= 15 is 0 Å². The molecule has 0 heterocycles. The number of anilines is 1. The molecule has 10 heteroatoms. The van der Waals surface area contributed by atoms with Crippen LogP contribution in [0, 0.1) is 6.92 Å². The van der Waals surface area contributed by atoms with Gasteiger partial charge in [-0.1, -0.05) is 67.4 Å². The van der Waals surface area contributed by atoms with E-state index in [1.165, 1.54) is 4.90 Å². The molecule has 0 fully saturated rings. The number of benzene rings is 3. The van der Waals surface area contributed by atoms with Crippen molar-refractivity contribution in [2.24, 2.45) is 0 Å². The monoisotopic (exact) mass is 599 g/mol. The average Bonchev–Trinajstić information content (AvgIpc) is 2.94. The van der Waals surface area contributed by atoms with E-state index in [-0.39, 0.29) is 18.9 Å². The van der Waals surface area contributed by atoms with Gasteiger partial charge in [0.1, 0.15) is 18.3 Å². The molecule has 0 saturated carbocycles. The summed E-state index contributed by atoms with van der Waals surface area (Å²) in [6.07, 6.45) is 3.01. The summed E-state index contributed by atoms with van der Waals surface area (Å²) in [5.74, 6) is -0.206. The van der Waals surface area contributed by atoms with Gasteiger partial charge < -0.3 is 15.0 Å². The molecular formula is C31H38ClN3O5S. The highest BCUT2D eigenvalue weighted by Crippen LogP contribution is 2.26. The number of carbonyl (C=O) groups is 2. The van der Waals surface area contributed by atoms with E-state index in [0.29, 0.717) is 28.6 Å². The van der Waals surface area contributed by atoms with Crippen LogP contribution in [0.4, 0.5) is 5.69 Å². The van der Waals surface area contributed by atoms with Crippen LogP contribution in [0.3, 0.4) is 0 Å². The molecule has 0 aliphatic carbocycles. The molecule has 1 N–H and O–H groups in total. The summed E-state index contributed by atoms with van der Waals surface area (Å²) in [4.78, 5) is 29.3. The fourth-order valence-electron chi connectivity index (χ4n) is 4.52. The molecule has 3 aromatic rings. The van der Waals surface area contributed by atoms with Gasteiger partial charge in [0.15, 0.2) is 0 Å². The predicted octanol–water partition coefficient (Wildman–Crippen LogP) is 4.98. The molecule has 0 radical (unpaired) electrons. The lowest BCUT2D eigenvalue weighted by Gasteiger charge is -2.34. The summed E-state index contributed by atoms with van der Waals surface area (Å²) in [5.41, 5.74) is 2.57. The molecule has 2 amide bonds. The number of rotatable bonds is 14. The molecule has 0 aliphatic rings. The largest absolute Gasteiger partial charge is 0.497 e. The zero-order valence-electron chi connectivity index (χ0n) is 24.0. The standard InChI is InChI=1S/C31H38ClN3O5S/c1-5-6-17-33-31(37)29(20-24-11-8-7-9-12-24)34(21-25-13-10-14-27(19-25)40-3)30(36)22-35(41(4,38)39)28-16-15-26(32)18-23(28)2/h7-16,18-19,29H,5-6,17,20-22H2,1-4H3,(H,33,37). The molecule has 8 nitrogen and oxygen atoms in total. The first-order valence-corrected chi connectivity index (χ1v) is 15.7. The second-order valence-electron chi connectivity index (χ2n) is 9.92. The van der Waals surface area contributed by atoms with Crippen molar-refractivity contribution < 1.29 is 22.7 Å². The highest BCUT2D eigenvalue weighted by molar-refractivity contribution is 7.92. The molecular weight excluding hydrogens is 562 g/mol. The number of carbonyl (C=O) groups excluding carboxylic acids is 2. The van der Waals surface area contributed by atoms with Crippen LogP contribution >= 0.6 is 11.6 Å². The zero-order valence-corrected chi connectivity index (χ0v) is 25.5. The van der Waals surface area contributed by atoms with Crippen molar-refractivity contribution in [3.63, 3.8) is 0 Å². The molecule has 0 aliphatic heterocycles. The summed E-state index contributed by atoms with van der Waals surface area (Å²) in [6.45, 7) is 3.83. The maximum absolute atomic E-state index is 14.2. The number of hydrogen-bond acceptors (Lipinski definition) is 5.